The van der Waals surface area contributed by atoms with Crippen LogP contribution in [0.25, 0.3) is 0 Å². The number of rotatable bonds is 0. The lowest BCUT2D eigenvalue weighted by molar-refractivity contribution is -0.0703. The maximum atomic E-state index is 10.6. The van der Waals surface area contributed by atoms with Crippen molar-refractivity contribution in [3.8, 4) is 0 Å². The van der Waals surface area contributed by atoms with E-state index < -0.39 is 0 Å². The van der Waals surface area contributed by atoms with Gasteiger partial charge >= 0.3 is 0 Å². The summed E-state index contributed by atoms with van der Waals surface area (Å²) in [5.41, 5.74) is 1.35. The first kappa shape index (κ1) is 10.8. The van der Waals surface area contributed by atoms with Crippen LogP contribution >= 0.6 is 0 Å². The maximum Gasteiger partial charge on any atom is 0.0958 e. The highest BCUT2D eigenvalue weighted by molar-refractivity contribution is 5.32. The molecule has 0 aromatic heterocycles. The first-order valence-corrected chi connectivity index (χ1v) is 6.49. The van der Waals surface area contributed by atoms with E-state index in [4.69, 9.17) is 4.74 Å². The Labute approximate surface area is 97.7 Å². The molecule has 0 amide bonds. The third kappa shape index (κ3) is 1.15. The third-order valence-electron chi connectivity index (χ3n) is 5.09. The van der Waals surface area contributed by atoms with Crippen LogP contribution in [0.1, 0.15) is 40.0 Å². The number of hydrogen-bond acceptors (Lipinski definition) is 2. The first-order valence-electron chi connectivity index (χ1n) is 6.49. The highest BCUT2D eigenvalue weighted by atomic mass is 16.5. The second-order valence-electron chi connectivity index (χ2n) is 6.58. The van der Waals surface area contributed by atoms with Crippen molar-refractivity contribution in [2.24, 2.45) is 17.3 Å². The minimum atomic E-state index is -0.218. The molecule has 16 heavy (non-hydrogen) atoms. The van der Waals surface area contributed by atoms with Crippen molar-refractivity contribution in [1.29, 1.82) is 0 Å². The molecule has 3 aliphatic rings. The molecule has 2 aliphatic carbocycles. The number of aliphatic hydroxyl groups is 1. The zero-order chi connectivity index (χ0) is 11.6. The Morgan fingerprint density at radius 2 is 2.19 bits per heavy atom. The van der Waals surface area contributed by atoms with Crippen molar-refractivity contribution in [2.45, 2.75) is 51.7 Å². The molecule has 0 radical (unpaired) electrons. The van der Waals surface area contributed by atoms with Crippen LogP contribution in [0.4, 0.5) is 0 Å². The van der Waals surface area contributed by atoms with Gasteiger partial charge in [0.05, 0.1) is 18.3 Å². The van der Waals surface area contributed by atoms with Gasteiger partial charge in [0.2, 0.25) is 0 Å². The molecule has 0 unspecified atom stereocenters. The molecule has 3 rings (SSSR count). The van der Waals surface area contributed by atoms with Gasteiger partial charge in [0.15, 0.2) is 0 Å². The van der Waals surface area contributed by atoms with Gasteiger partial charge in [0, 0.05) is 5.92 Å². The van der Waals surface area contributed by atoms with Crippen LogP contribution in [0.15, 0.2) is 11.6 Å². The maximum absolute atomic E-state index is 10.6. The molecule has 1 heterocycles. The van der Waals surface area contributed by atoms with E-state index >= 15 is 0 Å². The van der Waals surface area contributed by atoms with Gasteiger partial charge < -0.3 is 9.84 Å². The lowest BCUT2D eigenvalue weighted by Crippen LogP contribution is -2.46. The van der Waals surface area contributed by atoms with E-state index in [-0.39, 0.29) is 17.1 Å². The predicted molar refractivity (Wildman–Crippen MR) is 63.1 cm³/mol. The van der Waals surface area contributed by atoms with Crippen LogP contribution in [0.3, 0.4) is 0 Å². The summed E-state index contributed by atoms with van der Waals surface area (Å²) < 4.78 is 6.09. The van der Waals surface area contributed by atoms with Crippen molar-refractivity contribution >= 4 is 0 Å². The molecule has 1 spiro atoms. The SMILES string of the molecule is C[C@H]1CCC2=CCO[C@]23CC(C)(C)[C@@H](O)[C@H]13. The van der Waals surface area contributed by atoms with Gasteiger partial charge in [0.25, 0.3) is 0 Å². The molecular formula is C14H22O2. The Morgan fingerprint density at radius 1 is 1.44 bits per heavy atom. The quantitative estimate of drug-likeness (QED) is 0.638. The van der Waals surface area contributed by atoms with E-state index in [2.05, 4.69) is 26.8 Å². The van der Waals surface area contributed by atoms with Gasteiger partial charge in [-0.25, -0.2) is 0 Å². The summed E-state index contributed by atoms with van der Waals surface area (Å²) >= 11 is 0. The normalized spacial score (nSPS) is 49.8. The Balaban J connectivity index is 2.07. The topological polar surface area (TPSA) is 29.5 Å². The van der Waals surface area contributed by atoms with E-state index in [1.54, 1.807) is 0 Å². The van der Waals surface area contributed by atoms with Crippen molar-refractivity contribution in [2.75, 3.05) is 6.61 Å². The summed E-state index contributed by atoms with van der Waals surface area (Å²) in [5.74, 6) is 0.886. The van der Waals surface area contributed by atoms with E-state index in [0.29, 0.717) is 11.8 Å². The molecule has 0 aromatic carbocycles. The second kappa shape index (κ2) is 3.11. The summed E-state index contributed by atoms with van der Waals surface area (Å²) in [5, 5.41) is 10.6. The summed E-state index contributed by atoms with van der Waals surface area (Å²) in [6, 6.07) is 0. The van der Waals surface area contributed by atoms with E-state index in [1.165, 1.54) is 18.4 Å². The van der Waals surface area contributed by atoms with Crippen LogP contribution < -0.4 is 0 Å². The van der Waals surface area contributed by atoms with E-state index in [1.807, 2.05) is 0 Å². The first-order chi connectivity index (χ1) is 7.47. The van der Waals surface area contributed by atoms with Gasteiger partial charge in [-0.3, -0.25) is 0 Å². The van der Waals surface area contributed by atoms with Gasteiger partial charge in [0.1, 0.15) is 0 Å². The fraction of sp³-hybridized carbons (Fsp3) is 0.857. The predicted octanol–water partition coefficient (Wildman–Crippen LogP) is 2.52. The summed E-state index contributed by atoms with van der Waals surface area (Å²) in [4.78, 5) is 0. The monoisotopic (exact) mass is 222 g/mol. The smallest absolute Gasteiger partial charge is 0.0958 e. The van der Waals surface area contributed by atoms with Crippen molar-refractivity contribution in [1.82, 2.24) is 0 Å². The number of hydrogen-bond donors (Lipinski definition) is 1. The lowest BCUT2D eigenvalue weighted by Gasteiger charge is -2.42. The Bertz CT molecular complexity index is 345. The number of ether oxygens (including phenoxy) is 1. The largest absolute Gasteiger partial charge is 0.392 e. The molecule has 2 fully saturated rings. The Hall–Kier alpha value is -0.340. The molecular weight excluding hydrogens is 200 g/mol. The highest BCUT2D eigenvalue weighted by Gasteiger charge is 2.63. The molecule has 90 valence electrons. The van der Waals surface area contributed by atoms with Crippen LogP contribution in [0, 0.1) is 17.3 Å². The molecule has 2 saturated carbocycles. The standard InChI is InChI=1S/C14H22O2/c1-9-4-5-10-6-7-16-14(10)8-13(2,3)12(15)11(9)14/h6,9,11-12,15H,4-5,7-8H2,1-3H3/t9-,11-,12-,14+/m0/s1. The molecule has 1 N–H and O–H groups in total. The molecule has 0 aromatic rings. The van der Waals surface area contributed by atoms with Crippen molar-refractivity contribution in [3.63, 3.8) is 0 Å². The van der Waals surface area contributed by atoms with Crippen LogP contribution in [-0.2, 0) is 4.74 Å². The fourth-order valence-corrected chi connectivity index (χ4v) is 4.32. The van der Waals surface area contributed by atoms with Crippen LogP contribution in [0.5, 0.6) is 0 Å². The minimum Gasteiger partial charge on any atom is -0.392 e. The summed E-state index contributed by atoms with van der Waals surface area (Å²) in [6.45, 7) is 7.38. The van der Waals surface area contributed by atoms with Crippen LogP contribution in [0.2, 0.25) is 0 Å². The zero-order valence-corrected chi connectivity index (χ0v) is 10.5. The van der Waals surface area contributed by atoms with Crippen LogP contribution in [-0.4, -0.2) is 23.4 Å². The highest BCUT2D eigenvalue weighted by Crippen LogP contribution is 2.60. The fourth-order valence-electron chi connectivity index (χ4n) is 4.32. The molecule has 0 saturated heterocycles. The molecule has 4 atom stereocenters. The Kier molecular flexibility index (Phi) is 2.10. The summed E-state index contributed by atoms with van der Waals surface area (Å²) in [7, 11) is 0. The van der Waals surface area contributed by atoms with E-state index in [0.717, 1.165) is 13.0 Å². The molecule has 2 heteroatoms. The minimum absolute atomic E-state index is 0.00725. The van der Waals surface area contributed by atoms with Gasteiger partial charge in [-0.2, -0.15) is 0 Å². The average molecular weight is 222 g/mol. The van der Waals surface area contributed by atoms with Gasteiger partial charge in [-0.15, -0.1) is 0 Å². The van der Waals surface area contributed by atoms with Crippen molar-refractivity contribution < 1.29 is 9.84 Å². The molecule has 0 bridgehead atoms. The van der Waals surface area contributed by atoms with Crippen molar-refractivity contribution in [3.05, 3.63) is 11.6 Å². The Morgan fingerprint density at radius 3 is 2.94 bits per heavy atom. The van der Waals surface area contributed by atoms with E-state index in [9.17, 15) is 5.11 Å². The number of aliphatic hydroxyl groups excluding tert-OH is 1. The average Bonchev–Trinajstić information content (AvgIpc) is 2.66. The molecule has 2 nitrogen and oxygen atoms in total. The lowest BCUT2D eigenvalue weighted by atomic mass is 9.68. The third-order valence-corrected chi connectivity index (χ3v) is 5.09. The molecule has 1 aliphatic heterocycles. The van der Waals surface area contributed by atoms with Gasteiger partial charge in [-0.05, 0) is 36.2 Å². The van der Waals surface area contributed by atoms with Gasteiger partial charge in [-0.1, -0.05) is 26.8 Å². The summed E-state index contributed by atoms with van der Waals surface area (Å²) in [6.07, 6.45) is 5.40. The second-order valence-corrected chi connectivity index (χ2v) is 6.58. The zero-order valence-electron chi connectivity index (χ0n) is 10.5.